The van der Waals surface area contributed by atoms with E-state index < -0.39 is 0 Å². The first kappa shape index (κ1) is 17.1. The highest BCUT2D eigenvalue weighted by Crippen LogP contribution is 2.39. The summed E-state index contributed by atoms with van der Waals surface area (Å²) in [5.74, 6) is -0.335. The molecule has 0 unspecified atom stereocenters. The summed E-state index contributed by atoms with van der Waals surface area (Å²) in [6.07, 6.45) is 0. The second kappa shape index (κ2) is 7.03. The molecule has 3 aromatic rings. The fraction of sp³-hybridized carbons (Fsp3) is 0.0625. The summed E-state index contributed by atoms with van der Waals surface area (Å²) in [5.41, 5.74) is 2.42. The maximum Gasteiger partial charge on any atom is 0.257 e. The summed E-state index contributed by atoms with van der Waals surface area (Å²) in [6.45, 7) is 1.48. The van der Waals surface area contributed by atoms with E-state index in [-0.39, 0.29) is 11.7 Å². The van der Waals surface area contributed by atoms with Gasteiger partial charge in [0, 0.05) is 22.1 Å². The number of benzene rings is 1. The van der Waals surface area contributed by atoms with Crippen molar-refractivity contribution in [2.45, 2.75) is 6.92 Å². The molecule has 0 saturated heterocycles. The molecule has 0 aliphatic heterocycles. The van der Waals surface area contributed by atoms with Crippen LogP contribution in [-0.2, 0) is 0 Å². The lowest BCUT2D eigenvalue weighted by Gasteiger charge is -2.02. The number of hydrogen-bond acceptors (Lipinski definition) is 5. The minimum atomic E-state index is -0.291. The molecule has 0 aliphatic carbocycles. The lowest BCUT2D eigenvalue weighted by atomic mass is 10.1. The molecule has 8 heteroatoms. The zero-order valence-electron chi connectivity index (χ0n) is 12.3. The second-order valence-electron chi connectivity index (χ2n) is 4.86. The Hall–Kier alpha value is -1.73. The van der Waals surface area contributed by atoms with Gasteiger partial charge in [-0.3, -0.25) is 14.9 Å². The molecule has 0 bridgehead atoms. The number of carbonyl (C=O) groups is 2. The highest BCUT2D eigenvalue weighted by Gasteiger charge is 2.14. The summed E-state index contributed by atoms with van der Waals surface area (Å²) in [6, 6.07) is 8.21. The van der Waals surface area contributed by atoms with Crippen molar-refractivity contribution in [1.29, 1.82) is 0 Å². The topological polar surface area (TPSA) is 59.1 Å². The van der Waals surface area contributed by atoms with E-state index in [2.05, 4.69) is 10.3 Å². The van der Waals surface area contributed by atoms with E-state index >= 15 is 0 Å². The summed E-state index contributed by atoms with van der Waals surface area (Å²) in [5, 5.41) is 5.00. The van der Waals surface area contributed by atoms with Crippen molar-refractivity contribution in [1.82, 2.24) is 4.98 Å². The first-order valence-corrected chi connectivity index (χ1v) is 9.22. The van der Waals surface area contributed by atoms with E-state index in [9.17, 15) is 9.59 Å². The number of anilines is 1. The van der Waals surface area contributed by atoms with Gasteiger partial charge in [0.05, 0.1) is 10.0 Å². The van der Waals surface area contributed by atoms with Gasteiger partial charge in [-0.2, -0.15) is 0 Å². The lowest BCUT2D eigenvalue weighted by Crippen LogP contribution is -2.11. The van der Waals surface area contributed by atoms with Crippen LogP contribution < -0.4 is 5.32 Å². The van der Waals surface area contributed by atoms with Crippen LogP contribution in [-0.4, -0.2) is 16.7 Å². The van der Waals surface area contributed by atoms with E-state index in [0.29, 0.717) is 30.6 Å². The zero-order chi connectivity index (χ0) is 17.3. The molecule has 4 nitrogen and oxygen atoms in total. The number of aromatic nitrogens is 1. The molecule has 122 valence electrons. The molecule has 0 aliphatic rings. The number of carbonyl (C=O) groups excluding carboxylic acids is 2. The fourth-order valence-corrected chi connectivity index (χ4v) is 4.18. The van der Waals surface area contributed by atoms with Crippen LogP contribution >= 0.6 is 45.9 Å². The van der Waals surface area contributed by atoms with Gasteiger partial charge in [-0.15, -0.1) is 22.7 Å². The first-order valence-electron chi connectivity index (χ1n) is 6.77. The Bertz CT molecular complexity index is 917. The van der Waals surface area contributed by atoms with Gasteiger partial charge in [-0.05, 0) is 25.1 Å². The van der Waals surface area contributed by atoms with E-state index in [4.69, 9.17) is 23.2 Å². The van der Waals surface area contributed by atoms with Crippen LogP contribution in [0.1, 0.15) is 27.6 Å². The first-order chi connectivity index (χ1) is 11.4. The van der Waals surface area contributed by atoms with Gasteiger partial charge in [0.25, 0.3) is 5.91 Å². The summed E-state index contributed by atoms with van der Waals surface area (Å²) < 4.78 is 1.14. The molecule has 24 heavy (non-hydrogen) atoms. The Balaban J connectivity index is 1.75. The van der Waals surface area contributed by atoms with Gasteiger partial charge < -0.3 is 0 Å². The number of halogens is 2. The maximum absolute atomic E-state index is 12.2. The number of Topliss-reactive ketones (excluding diaryl/α,β-unsaturated/α-hetero) is 1. The molecule has 1 N–H and O–H groups in total. The number of hydrogen-bond donors (Lipinski definition) is 1. The lowest BCUT2D eigenvalue weighted by molar-refractivity contribution is 0.100. The Labute approximate surface area is 156 Å². The largest absolute Gasteiger partial charge is 0.298 e. The van der Waals surface area contributed by atoms with Gasteiger partial charge >= 0.3 is 0 Å². The van der Waals surface area contributed by atoms with Gasteiger partial charge in [0.1, 0.15) is 4.34 Å². The quantitative estimate of drug-likeness (QED) is 0.580. The SMILES string of the molecule is CC(=O)c1ccc(C(=O)Nc2nc(-c3cc(Cl)sc3Cl)cs2)cc1. The van der Waals surface area contributed by atoms with E-state index in [1.165, 1.54) is 29.6 Å². The van der Waals surface area contributed by atoms with Crippen LogP contribution in [0.2, 0.25) is 8.67 Å². The molecule has 2 heterocycles. The van der Waals surface area contributed by atoms with Gasteiger partial charge in [0.2, 0.25) is 0 Å². The van der Waals surface area contributed by atoms with E-state index in [1.807, 2.05) is 0 Å². The highest BCUT2D eigenvalue weighted by molar-refractivity contribution is 7.20. The van der Waals surface area contributed by atoms with Crippen molar-refractivity contribution in [2.75, 3.05) is 5.32 Å². The van der Waals surface area contributed by atoms with Crippen molar-refractivity contribution in [3.8, 4) is 11.3 Å². The Morgan fingerprint density at radius 3 is 2.38 bits per heavy atom. The predicted octanol–water partition coefficient (Wildman–Crippen LogP) is 5.63. The van der Waals surface area contributed by atoms with Crippen LogP contribution in [0.25, 0.3) is 11.3 Å². The van der Waals surface area contributed by atoms with Gasteiger partial charge in [-0.25, -0.2) is 4.98 Å². The number of nitrogens with one attached hydrogen (secondary N) is 1. The van der Waals surface area contributed by atoms with Crippen molar-refractivity contribution in [2.24, 2.45) is 0 Å². The average Bonchev–Trinajstić information content (AvgIpc) is 3.13. The van der Waals surface area contributed by atoms with Gasteiger partial charge in [0.15, 0.2) is 10.9 Å². The molecule has 3 rings (SSSR count). The number of thiophene rings is 1. The Kier molecular flexibility index (Phi) is 5.01. The number of ketones is 1. The van der Waals surface area contributed by atoms with Crippen LogP contribution in [0, 0.1) is 0 Å². The smallest absolute Gasteiger partial charge is 0.257 e. The van der Waals surface area contributed by atoms with E-state index in [0.717, 1.165) is 5.56 Å². The number of rotatable bonds is 4. The molecular weight excluding hydrogens is 387 g/mol. The van der Waals surface area contributed by atoms with Crippen LogP contribution in [0.3, 0.4) is 0 Å². The van der Waals surface area contributed by atoms with Crippen molar-refractivity contribution in [3.63, 3.8) is 0 Å². The monoisotopic (exact) mass is 396 g/mol. The Morgan fingerprint density at radius 2 is 1.79 bits per heavy atom. The minimum absolute atomic E-state index is 0.0437. The summed E-state index contributed by atoms with van der Waals surface area (Å²) in [7, 11) is 0. The highest BCUT2D eigenvalue weighted by atomic mass is 35.5. The molecular formula is C16H10Cl2N2O2S2. The third-order valence-corrected chi connectivity index (χ3v) is 5.46. The van der Waals surface area contributed by atoms with Crippen LogP contribution in [0.15, 0.2) is 35.7 Å². The average molecular weight is 397 g/mol. The number of amides is 1. The van der Waals surface area contributed by atoms with Crippen molar-refractivity contribution >= 4 is 62.7 Å². The molecule has 0 spiro atoms. The minimum Gasteiger partial charge on any atom is -0.298 e. The van der Waals surface area contributed by atoms with Crippen LogP contribution in [0.4, 0.5) is 5.13 Å². The third-order valence-electron chi connectivity index (χ3n) is 3.21. The van der Waals surface area contributed by atoms with Gasteiger partial charge in [-0.1, -0.05) is 35.3 Å². The number of thiazole rings is 1. The molecule has 0 atom stereocenters. The summed E-state index contributed by atoms with van der Waals surface area (Å²) >= 11 is 14.6. The molecule has 1 amide bonds. The second-order valence-corrected chi connectivity index (χ2v) is 8.01. The predicted molar refractivity (Wildman–Crippen MR) is 99.8 cm³/mol. The van der Waals surface area contributed by atoms with Crippen molar-refractivity contribution in [3.05, 3.63) is 55.5 Å². The van der Waals surface area contributed by atoms with Crippen molar-refractivity contribution < 1.29 is 9.59 Å². The molecule has 0 saturated carbocycles. The standard InChI is InChI=1S/C16H10Cl2N2O2S2/c1-8(21)9-2-4-10(5-3-9)15(22)20-16-19-12(7-23-16)11-6-13(17)24-14(11)18/h2-7H,1H3,(H,19,20,22). The van der Waals surface area contributed by atoms with E-state index in [1.54, 1.807) is 35.7 Å². The number of nitrogens with zero attached hydrogens (tertiary/aromatic N) is 1. The van der Waals surface area contributed by atoms with Crippen LogP contribution in [0.5, 0.6) is 0 Å². The zero-order valence-corrected chi connectivity index (χ0v) is 15.4. The molecule has 1 aromatic carbocycles. The normalized spacial score (nSPS) is 10.6. The fourth-order valence-electron chi connectivity index (χ4n) is 2.00. The Morgan fingerprint density at radius 1 is 1.12 bits per heavy atom. The maximum atomic E-state index is 12.2. The summed E-state index contributed by atoms with van der Waals surface area (Å²) in [4.78, 5) is 27.9. The molecule has 0 radical (unpaired) electrons. The molecule has 2 aromatic heterocycles. The third kappa shape index (κ3) is 3.67. The molecule has 0 fully saturated rings.